The van der Waals surface area contributed by atoms with E-state index in [-0.39, 0.29) is 0 Å². The standard InChI is InChI=1S/C12H15NOS/c1-8(2)3-6-12-13-10-5-4-9(14)7-11(10)15-12/h4-5,7-8,14H,3,6H2,1-2H3. The summed E-state index contributed by atoms with van der Waals surface area (Å²) in [4.78, 5) is 4.53. The highest BCUT2D eigenvalue weighted by molar-refractivity contribution is 7.18. The average Bonchev–Trinajstić information content (AvgIpc) is 2.56. The van der Waals surface area contributed by atoms with Gasteiger partial charge in [0.1, 0.15) is 5.75 Å². The topological polar surface area (TPSA) is 33.1 Å². The van der Waals surface area contributed by atoms with E-state index in [9.17, 15) is 5.11 Å². The number of thiazole rings is 1. The predicted octanol–water partition coefficient (Wildman–Crippen LogP) is 3.59. The Balaban J connectivity index is 2.23. The van der Waals surface area contributed by atoms with E-state index in [1.165, 1.54) is 11.4 Å². The summed E-state index contributed by atoms with van der Waals surface area (Å²) in [6, 6.07) is 5.35. The first-order valence-corrected chi connectivity index (χ1v) is 6.05. The lowest BCUT2D eigenvalue weighted by Gasteiger charge is -1.99. The Morgan fingerprint density at radius 2 is 2.20 bits per heavy atom. The molecule has 0 radical (unpaired) electrons. The molecule has 15 heavy (non-hydrogen) atoms. The van der Waals surface area contributed by atoms with E-state index in [0.29, 0.717) is 11.7 Å². The summed E-state index contributed by atoms with van der Waals surface area (Å²) in [6.07, 6.45) is 2.21. The van der Waals surface area contributed by atoms with Crippen LogP contribution < -0.4 is 0 Å². The van der Waals surface area contributed by atoms with E-state index in [1.54, 1.807) is 23.5 Å². The first-order valence-electron chi connectivity index (χ1n) is 5.23. The molecule has 0 saturated heterocycles. The summed E-state index contributed by atoms with van der Waals surface area (Å²) < 4.78 is 1.08. The molecule has 80 valence electrons. The Morgan fingerprint density at radius 3 is 2.93 bits per heavy atom. The minimum absolute atomic E-state index is 0.321. The zero-order chi connectivity index (χ0) is 10.8. The number of benzene rings is 1. The Kier molecular flexibility index (Phi) is 2.91. The third-order valence-electron chi connectivity index (χ3n) is 2.35. The number of phenolic OH excluding ortho intramolecular Hbond substituents is 1. The highest BCUT2D eigenvalue weighted by Crippen LogP contribution is 2.26. The number of nitrogens with zero attached hydrogens (tertiary/aromatic N) is 1. The van der Waals surface area contributed by atoms with Crippen molar-refractivity contribution in [2.75, 3.05) is 0 Å². The quantitative estimate of drug-likeness (QED) is 0.859. The molecule has 0 aliphatic rings. The maximum absolute atomic E-state index is 9.34. The third-order valence-corrected chi connectivity index (χ3v) is 3.43. The molecule has 3 heteroatoms. The van der Waals surface area contributed by atoms with Crippen molar-refractivity contribution in [2.24, 2.45) is 5.92 Å². The lowest BCUT2D eigenvalue weighted by atomic mass is 10.1. The second-order valence-electron chi connectivity index (χ2n) is 4.19. The van der Waals surface area contributed by atoms with Gasteiger partial charge in [-0.05, 0) is 37.0 Å². The Labute approximate surface area is 93.6 Å². The molecule has 0 fully saturated rings. The monoisotopic (exact) mass is 221 g/mol. The summed E-state index contributed by atoms with van der Waals surface area (Å²) in [6.45, 7) is 4.44. The molecular weight excluding hydrogens is 206 g/mol. The van der Waals surface area contributed by atoms with Crippen molar-refractivity contribution in [3.63, 3.8) is 0 Å². The summed E-state index contributed by atoms with van der Waals surface area (Å²) >= 11 is 1.68. The summed E-state index contributed by atoms with van der Waals surface area (Å²) in [5, 5.41) is 10.5. The lowest BCUT2D eigenvalue weighted by Crippen LogP contribution is -1.90. The molecule has 2 aromatic rings. The molecule has 2 nitrogen and oxygen atoms in total. The molecular formula is C12H15NOS. The fraction of sp³-hybridized carbons (Fsp3) is 0.417. The first kappa shape index (κ1) is 10.4. The summed E-state index contributed by atoms with van der Waals surface area (Å²) in [5.41, 5.74) is 0.997. The molecule has 0 aliphatic carbocycles. The summed E-state index contributed by atoms with van der Waals surface area (Å²) in [5.74, 6) is 1.03. The van der Waals surface area contributed by atoms with Crippen molar-refractivity contribution in [3.8, 4) is 5.75 Å². The van der Waals surface area contributed by atoms with Crippen molar-refractivity contribution in [3.05, 3.63) is 23.2 Å². The summed E-state index contributed by atoms with van der Waals surface area (Å²) in [7, 11) is 0. The molecule has 2 rings (SSSR count). The Hall–Kier alpha value is -1.09. The van der Waals surface area contributed by atoms with Crippen LogP contribution in [-0.2, 0) is 6.42 Å². The van der Waals surface area contributed by atoms with Crippen LogP contribution in [0.25, 0.3) is 10.2 Å². The van der Waals surface area contributed by atoms with Crippen molar-refractivity contribution in [1.82, 2.24) is 4.98 Å². The molecule has 1 N–H and O–H groups in total. The largest absolute Gasteiger partial charge is 0.508 e. The Bertz CT molecular complexity index is 462. The van der Waals surface area contributed by atoms with Gasteiger partial charge in [0.05, 0.1) is 15.2 Å². The second-order valence-corrected chi connectivity index (χ2v) is 5.31. The van der Waals surface area contributed by atoms with Crippen LogP contribution in [0.3, 0.4) is 0 Å². The van der Waals surface area contributed by atoms with Crippen LogP contribution >= 0.6 is 11.3 Å². The SMILES string of the molecule is CC(C)CCc1nc2ccc(O)cc2s1. The maximum Gasteiger partial charge on any atom is 0.117 e. The van der Waals surface area contributed by atoms with Crippen molar-refractivity contribution >= 4 is 21.6 Å². The van der Waals surface area contributed by atoms with Gasteiger partial charge in [-0.2, -0.15) is 0 Å². The second kappa shape index (κ2) is 4.19. The molecule has 1 aromatic carbocycles. The van der Waals surface area contributed by atoms with Crippen LogP contribution in [0.15, 0.2) is 18.2 Å². The molecule has 1 aromatic heterocycles. The average molecular weight is 221 g/mol. The smallest absolute Gasteiger partial charge is 0.117 e. The molecule has 0 atom stereocenters. The van der Waals surface area contributed by atoms with E-state index in [4.69, 9.17) is 0 Å². The Morgan fingerprint density at radius 1 is 1.40 bits per heavy atom. The van der Waals surface area contributed by atoms with Gasteiger partial charge in [-0.1, -0.05) is 13.8 Å². The van der Waals surface area contributed by atoms with Gasteiger partial charge in [-0.3, -0.25) is 0 Å². The number of fused-ring (bicyclic) bond motifs is 1. The molecule has 0 saturated carbocycles. The van der Waals surface area contributed by atoms with Crippen LogP contribution in [0.5, 0.6) is 5.75 Å². The molecule has 0 unspecified atom stereocenters. The number of hydrogen-bond donors (Lipinski definition) is 1. The van der Waals surface area contributed by atoms with E-state index in [2.05, 4.69) is 18.8 Å². The first-order chi connectivity index (χ1) is 7.15. The van der Waals surface area contributed by atoms with Gasteiger partial charge < -0.3 is 5.11 Å². The zero-order valence-electron chi connectivity index (χ0n) is 9.03. The van der Waals surface area contributed by atoms with Crippen LogP contribution in [0.2, 0.25) is 0 Å². The minimum Gasteiger partial charge on any atom is -0.508 e. The van der Waals surface area contributed by atoms with Gasteiger partial charge in [0.25, 0.3) is 0 Å². The van der Waals surface area contributed by atoms with E-state index in [1.807, 2.05) is 6.07 Å². The molecule has 0 aliphatic heterocycles. The van der Waals surface area contributed by atoms with Crippen LogP contribution in [-0.4, -0.2) is 10.1 Å². The molecule has 0 spiro atoms. The van der Waals surface area contributed by atoms with Gasteiger partial charge in [0.2, 0.25) is 0 Å². The molecule has 1 heterocycles. The predicted molar refractivity (Wildman–Crippen MR) is 64.4 cm³/mol. The van der Waals surface area contributed by atoms with Crippen LogP contribution in [0.4, 0.5) is 0 Å². The van der Waals surface area contributed by atoms with Gasteiger partial charge >= 0.3 is 0 Å². The lowest BCUT2D eigenvalue weighted by molar-refractivity contribution is 0.476. The van der Waals surface area contributed by atoms with E-state index < -0.39 is 0 Å². The van der Waals surface area contributed by atoms with E-state index >= 15 is 0 Å². The molecule has 0 bridgehead atoms. The fourth-order valence-electron chi connectivity index (χ4n) is 1.48. The van der Waals surface area contributed by atoms with E-state index in [0.717, 1.165) is 16.6 Å². The third kappa shape index (κ3) is 2.48. The minimum atomic E-state index is 0.321. The number of aromatic nitrogens is 1. The maximum atomic E-state index is 9.34. The van der Waals surface area contributed by atoms with Crippen molar-refractivity contribution in [2.45, 2.75) is 26.7 Å². The van der Waals surface area contributed by atoms with Crippen molar-refractivity contribution < 1.29 is 5.11 Å². The van der Waals surface area contributed by atoms with Gasteiger partial charge in [-0.15, -0.1) is 11.3 Å². The fourth-order valence-corrected chi connectivity index (χ4v) is 2.50. The number of phenols is 1. The van der Waals surface area contributed by atoms with Crippen molar-refractivity contribution in [1.29, 1.82) is 0 Å². The van der Waals surface area contributed by atoms with Gasteiger partial charge in [0, 0.05) is 0 Å². The number of aromatic hydroxyl groups is 1. The van der Waals surface area contributed by atoms with Gasteiger partial charge in [0.15, 0.2) is 0 Å². The normalized spacial score (nSPS) is 11.4. The number of rotatable bonds is 3. The molecule has 0 amide bonds. The highest BCUT2D eigenvalue weighted by atomic mass is 32.1. The zero-order valence-corrected chi connectivity index (χ0v) is 9.84. The van der Waals surface area contributed by atoms with Crippen LogP contribution in [0.1, 0.15) is 25.3 Å². The van der Waals surface area contributed by atoms with Crippen LogP contribution in [0, 0.1) is 5.92 Å². The number of aryl methyl sites for hydroxylation is 1. The highest BCUT2D eigenvalue weighted by Gasteiger charge is 2.05. The number of hydrogen-bond acceptors (Lipinski definition) is 3. The van der Waals surface area contributed by atoms with Gasteiger partial charge in [-0.25, -0.2) is 4.98 Å².